The van der Waals surface area contributed by atoms with Crippen LogP contribution in [0, 0.1) is 0 Å². The summed E-state index contributed by atoms with van der Waals surface area (Å²) in [5.41, 5.74) is 6.27. The first-order valence-corrected chi connectivity index (χ1v) is 14.2. The molecule has 0 aliphatic heterocycles. The molecule has 0 aliphatic carbocycles. The van der Waals surface area contributed by atoms with E-state index in [4.69, 9.17) is 0 Å². The van der Waals surface area contributed by atoms with Gasteiger partial charge in [0, 0.05) is 17.7 Å². The number of hydrogen-bond donors (Lipinski definition) is 0. The average molecular weight is 532 g/mol. The van der Waals surface area contributed by atoms with Crippen molar-refractivity contribution in [3.8, 4) is 0 Å². The van der Waals surface area contributed by atoms with Crippen molar-refractivity contribution in [2.75, 3.05) is 0 Å². The van der Waals surface area contributed by atoms with Gasteiger partial charge in [0.2, 0.25) is 12.3 Å². The maximum atomic E-state index is 11.8. The first-order chi connectivity index (χ1) is 20.3. The van der Waals surface area contributed by atoms with E-state index in [9.17, 15) is 4.79 Å². The van der Waals surface area contributed by atoms with Crippen LogP contribution in [0.2, 0.25) is 0 Å². The van der Waals surface area contributed by atoms with Gasteiger partial charge in [0.05, 0.1) is 6.15 Å². The van der Waals surface area contributed by atoms with Crippen LogP contribution in [0.5, 0.6) is 0 Å². The van der Waals surface area contributed by atoms with Crippen LogP contribution in [0.1, 0.15) is 15.9 Å². The minimum absolute atomic E-state index is 0.131. The summed E-state index contributed by atoms with van der Waals surface area (Å²) in [6.07, 6.45) is 3.67. The first-order valence-electron chi connectivity index (χ1n) is 14.2. The summed E-state index contributed by atoms with van der Waals surface area (Å²) >= 11 is 0. The number of ketones is 1. The van der Waals surface area contributed by atoms with Gasteiger partial charge in [-0.1, -0.05) is 163 Å². The lowest BCUT2D eigenvalue weighted by molar-refractivity contribution is -0.683. The molecule has 0 atom stereocenters. The van der Waals surface area contributed by atoms with Gasteiger partial charge >= 0.3 is 0 Å². The van der Waals surface area contributed by atoms with Crippen LogP contribution < -0.4 is 21.0 Å². The van der Waals surface area contributed by atoms with E-state index < -0.39 is 6.15 Å². The highest BCUT2D eigenvalue weighted by molar-refractivity contribution is 7.11. The third-order valence-electron chi connectivity index (χ3n) is 7.69. The fourth-order valence-electron chi connectivity index (χ4n) is 5.66. The number of carbonyl (C=O) groups is 1. The number of rotatable bonds is 8. The van der Waals surface area contributed by atoms with Gasteiger partial charge in [-0.25, -0.2) is 0 Å². The predicted molar refractivity (Wildman–Crippen MR) is 172 cm³/mol. The molecular weight excluding hydrogens is 497 g/mol. The van der Waals surface area contributed by atoms with E-state index >= 15 is 0 Å². The van der Waals surface area contributed by atoms with E-state index in [2.05, 4.69) is 121 Å². The molecule has 1 heterocycles. The molecule has 0 spiro atoms. The van der Waals surface area contributed by atoms with Crippen LogP contribution in [-0.4, -0.2) is 11.9 Å². The zero-order valence-electron chi connectivity index (χ0n) is 23.2. The summed E-state index contributed by atoms with van der Waals surface area (Å²) in [6, 6.07) is 58.9. The Hall–Kier alpha value is -5.02. The van der Waals surface area contributed by atoms with Crippen LogP contribution in [-0.2, 0) is 12.9 Å². The van der Waals surface area contributed by atoms with Crippen molar-refractivity contribution in [1.29, 1.82) is 0 Å². The molecule has 41 heavy (non-hydrogen) atoms. The van der Waals surface area contributed by atoms with Crippen molar-refractivity contribution in [2.45, 2.75) is 12.9 Å². The minimum Gasteiger partial charge on any atom is -0.287 e. The SMILES string of the molecule is O=C(C[n+]1ccccc1)c1ccccc1.c1ccc(C[B-](c2ccccc2)(c2ccccc2)c2ccccc2)cc1. The molecule has 5 aromatic carbocycles. The second-order valence-corrected chi connectivity index (χ2v) is 10.3. The fourth-order valence-corrected chi connectivity index (χ4v) is 5.66. The molecule has 0 N–H and O–H groups in total. The van der Waals surface area contributed by atoms with Crippen molar-refractivity contribution in [2.24, 2.45) is 0 Å². The number of hydrogen-bond acceptors (Lipinski definition) is 1. The molecule has 0 amide bonds. The van der Waals surface area contributed by atoms with Gasteiger partial charge in [-0.05, 0) is 0 Å². The quantitative estimate of drug-likeness (QED) is 0.138. The summed E-state index contributed by atoms with van der Waals surface area (Å²) in [5.74, 6) is 0.131. The number of Topliss-reactive ketones (excluding diaryl/α,β-unsaturated/α-hetero) is 1. The van der Waals surface area contributed by atoms with Gasteiger partial charge in [-0.3, -0.25) is 4.79 Å². The number of aromatic nitrogens is 1. The van der Waals surface area contributed by atoms with Crippen LogP contribution in [0.3, 0.4) is 0 Å². The molecular formula is C38H34BNO. The van der Waals surface area contributed by atoms with E-state index in [0.29, 0.717) is 6.54 Å². The summed E-state index contributed by atoms with van der Waals surface area (Å²) in [7, 11) is 0. The Balaban J connectivity index is 0.000000191. The molecule has 0 aliphatic rings. The molecule has 0 fully saturated rings. The number of benzene rings is 5. The van der Waals surface area contributed by atoms with Crippen LogP contribution >= 0.6 is 0 Å². The average Bonchev–Trinajstić information content (AvgIpc) is 3.06. The van der Waals surface area contributed by atoms with Crippen molar-refractivity contribution in [3.05, 3.63) is 193 Å². The van der Waals surface area contributed by atoms with Crippen molar-refractivity contribution >= 4 is 28.3 Å². The minimum atomic E-state index is -1.09. The molecule has 1 aromatic heterocycles. The van der Waals surface area contributed by atoms with E-state index in [0.717, 1.165) is 11.9 Å². The zero-order chi connectivity index (χ0) is 28.2. The molecule has 0 unspecified atom stereocenters. The third-order valence-corrected chi connectivity index (χ3v) is 7.69. The lowest BCUT2D eigenvalue weighted by Crippen LogP contribution is -2.68. The Morgan fingerprint density at radius 1 is 0.463 bits per heavy atom. The molecule has 6 aromatic rings. The predicted octanol–water partition coefficient (Wildman–Crippen LogP) is 5.80. The van der Waals surface area contributed by atoms with Crippen molar-refractivity contribution in [1.82, 2.24) is 0 Å². The van der Waals surface area contributed by atoms with E-state index in [1.807, 2.05) is 65.5 Å². The highest BCUT2D eigenvalue weighted by Crippen LogP contribution is 2.15. The Kier molecular flexibility index (Phi) is 9.32. The highest BCUT2D eigenvalue weighted by atomic mass is 16.1. The molecule has 2 nitrogen and oxygen atoms in total. The number of carbonyl (C=O) groups excluding carboxylic acids is 1. The monoisotopic (exact) mass is 531 g/mol. The Labute approximate surface area is 243 Å². The summed E-state index contributed by atoms with van der Waals surface area (Å²) < 4.78 is 1.87. The maximum absolute atomic E-state index is 11.8. The second-order valence-electron chi connectivity index (χ2n) is 10.3. The lowest BCUT2D eigenvalue weighted by Gasteiger charge is -2.43. The van der Waals surface area contributed by atoms with Crippen molar-refractivity contribution < 1.29 is 9.36 Å². The smallest absolute Gasteiger partial charge is 0.227 e. The third kappa shape index (κ3) is 6.95. The Morgan fingerprint density at radius 3 is 1.27 bits per heavy atom. The molecule has 0 saturated carbocycles. The number of pyridine rings is 1. The summed E-state index contributed by atoms with van der Waals surface area (Å²) in [6.45, 7) is 0.394. The molecule has 200 valence electrons. The van der Waals surface area contributed by atoms with Crippen LogP contribution in [0.25, 0.3) is 0 Å². The van der Waals surface area contributed by atoms with Gasteiger partial charge in [0.25, 0.3) is 0 Å². The molecule has 0 bridgehead atoms. The topological polar surface area (TPSA) is 20.9 Å². The van der Waals surface area contributed by atoms with Crippen molar-refractivity contribution in [3.63, 3.8) is 0 Å². The normalized spacial score (nSPS) is 10.7. The standard InChI is InChI=1S/C25H22B.C13H12NO/c1-5-13-22(14-6-1)21-26(23-15-7-2-8-16-23,24-17-9-3-10-18-24)25-19-11-4-12-20-25;15-13(12-7-3-1-4-8-12)11-14-9-5-2-6-10-14/h1-20H,21H2;1-10H,11H2/q-1;+1. The summed E-state index contributed by atoms with van der Waals surface area (Å²) in [4.78, 5) is 11.8. The molecule has 0 saturated heterocycles. The van der Waals surface area contributed by atoms with Gasteiger partial charge < -0.3 is 0 Å². The molecule has 6 rings (SSSR count). The van der Waals surface area contributed by atoms with Gasteiger partial charge in [-0.2, -0.15) is 21.0 Å². The zero-order valence-corrected chi connectivity index (χ0v) is 23.2. The van der Waals surface area contributed by atoms with Gasteiger partial charge in [0.15, 0.2) is 12.4 Å². The highest BCUT2D eigenvalue weighted by Gasteiger charge is 2.29. The fraction of sp³-hybridized carbons (Fsp3) is 0.0526. The second kappa shape index (κ2) is 13.9. The Bertz CT molecular complexity index is 1510. The molecule has 3 heteroatoms. The maximum Gasteiger partial charge on any atom is 0.227 e. The van der Waals surface area contributed by atoms with E-state index in [-0.39, 0.29) is 5.78 Å². The molecule has 0 radical (unpaired) electrons. The van der Waals surface area contributed by atoms with Crippen LogP contribution in [0.15, 0.2) is 182 Å². The largest absolute Gasteiger partial charge is 0.287 e. The Morgan fingerprint density at radius 2 is 0.829 bits per heavy atom. The van der Waals surface area contributed by atoms with Gasteiger partial charge in [0.1, 0.15) is 0 Å². The van der Waals surface area contributed by atoms with Gasteiger partial charge in [-0.15, -0.1) is 6.32 Å². The number of nitrogens with zero attached hydrogens (tertiary/aromatic N) is 1. The lowest BCUT2D eigenvalue weighted by atomic mass is 9.14. The van der Waals surface area contributed by atoms with E-state index in [1.165, 1.54) is 22.0 Å². The first kappa shape index (κ1) is 27.5. The van der Waals surface area contributed by atoms with Crippen LogP contribution in [0.4, 0.5) is 0 Å². The van der Waals surface area contributed by atoms with E-state index in [1.54, 1.807) is 0 Å². The summed E-state index contributed by atoms with van der Waals surface area (Å²) in [5, 5.41) is 0.